The second-order valence-corrected chi connectivity index (χ2v) is 5.32. The predicted molar refractivity (Wildman–Crippen MR) is 66.0 cm³/mol. The standard InChI is InChI=1S/C12H12BrNO3/c1-12(2)10-8(11(16)14(12)3)4-7(17-6-15)5-9(10)13/h4-6H,1-3H3. The van der Waals surface area contributed by atoms with E-state index in [0.717, 1.165) is 10.0 Å². The Bertz CT molecular complexity index is 511. The largest absolute Gasteiger partial charge is 0.429 e. The van der Waals surface area contributed by atoms with Crippen LogP contribution in [0.2, 0.25) is 0 Å². The van der Waals surface area contributed by atoms with Crippen molar-refractivity contribution in [1.29, 1.82) is 0 Å². The van der Waals surface area contributed by atoms with Crippen LogP contribution < -0.4 is 4.74 Å². The molecule has 0 unspecified atom stereocenters. The van der Waals surface area contributed by atoms with E-state index in [-0.39, 0.29) is 11.4 Å². The van der Waals surface area contributed by atoms with Gasteiger partial charge in [-0.05, 0) is 26.0 Å². The van der Waals surface area contributed by atoms with E-state index >= 15 is 0 Å². The van der Waals surface area contributed by atoms with Crippen molar-refractivity contribution in [3.05, 3.63) is 27.7 Å². The number of rotatable bonds is 2. The van der Waals surface area contributed by atoms with Gasteiger partial charge in [0.05, 0.1) is 5.54 Å². The molecule has 0 radical (unpaired) electrons. The van der Waals surface area contributed by atoms with Gasteiger partial charge in [-0.1, -0.05) is 15.9 Å². The lowest BCUT2D eigenvalue weighted by Crippen LogP contribution is -2.35. The number of hydrogen-bond donors (Lipinski definition) is 0. The first kappa shape index (κ1) is 12.1. The normalized spacial score (nSPS) is 16.9. The van der Waals surface area contributed by atoms with Crippen LogP contribution in [0.1, 0.15) is 29.8 Å². The average Bonchev–Trinajstić information content (AvgIpc) is 2.41. The zero-order chi connectivity index (χ0) is 12.8. The Balaban J connectivity index is 2.66. The van der Waals surface area contributed by atoms with Crippen molar-refractivity contribution in [3.8, 4) is 5.75 Å². The van der Waals surface area contributed by atoms with E-state index in [1.807, 2.05) is 13.8 Å². The van der Waals surface area contributed by atoms with Crippen LogP contribution in [-0.2, 0) is 10.3 Å². The number of hydrogen-bond acceptors (Lipinski definition) is 3. The molecule has 0 saturated heterocycles. The van der Waals surface area contributed by atoms with Gasteiger partial charge < -0.3 is 9.64 Å². The van der Waals surface area contributed by atoms with Crippen molar-refractivity contribution in [3.63, 3.8) is 0 Å². The van der Waals surface area contributed by atoms with E-state index in [2.05, 4.69) is 15.9 Å². The lowest BCUT2D eigenvalue weighted by molar-refractivity contribution is -0.120. The van der Waals surface area contributed by atoms with Crippen molar-refractivity contribution in [2.45, 2.75) is 19.4 Å². The Kier molecular flexibility index (Phi) is 2.73. The quantitative estimate of drug-likeness (QED) is 0.787. The van der Waals surface area contributed by atoms with Crippen LogP contribution in [0.4, 0.5) is 0 Å². The minimum atomic E-state index is -0.370. The SMILES string of the molecule is CN1C(=O)c2cc(OC=O)cc(Br)c2C1(C)C. The summed E-state index contributed by atoms with van der Waals surface area (Å²) in [7, 11) is 1.76. The highest BCUT2D eigenvalue weighted by molar-refractivity contribution is 9.10. The Hall–Kier alpha value is -1.36. The highest BCUT2D eigenvalue weighted by Gasteiger charge is 2.42. The van der Waals surface area contributed by atoms with Crippen molar-refractivity contribution in [2.24, 2.45) is 0 Å². The fourth-order valence-corrected chi connectivity index (χ4v) is 3.02. The van der Waals surface area contributed by atoms with Crippen LogP contribution in [0.3, 0.4) is 0 Å². The fraction of sp³-hybridized carbons (Fsp3) is 0.333. The Morgan fingerprint density at radius 1 is 1.41 bits per heavy atom. The summed E-state index contributed by atoms with van der Waals surface area (Å²) < 4.78 is 5.56. The highest BCUT2D eigenvalue weighted by Crippen LogP contribution is 2.43. The van der Waals surface area contributed by atoms with Crippen molar-refractivity contribution in [1.82, 2.24) is 4.90 Å². The van der Waals surface area contributed by atoms with Crippen LogP contribution in [0, 0.1) is 0 Å². The second kappa shape index (κ2) is 3.84. The van der Waals surface area contributed by atoms with Crippen LogP contribution in [-0.4, -0.2) is 24.3 Å². The number of amides is 1. The number of ether oxygens (including phenoxy) is 1. The highest BCUT2D eigenvalue weighted by atomic mass is 79.9. The Morgan fingerprint density at radius 2 is 2.06 bits per heavy atom. The molecule has 1 amide bonds. The molecule has 90 valence electrons. The first-order valence-electron chi connectivity index (χ1n) is 5.12. The molecule has 0 N–H and O–H groups in total. The molecule has 2 rings (SSSR count). The third kappa shape index (κ3) is 1.65. The molecule has 0 saturated carbocycles. The van der Waals surface area contributed by atoms with E-state index in [9.17, 15) is 9.59 Å². The van der Waals surface area contributed by atoms with E-state index in [4.69, 9.17) is 4.74 Å². The van der Waals surface area contributed by atoms with Crippen LogP contribution in [0.15, 0.2) is 16.6 Å². The molecule has 0 bridgehead atoms. The molecule has 0 aromatic heterocycles. The smallest absolute Gasteiger partial charge is 0.298 e. The molecular weight excluding hydrogens is 286 g/mol. The van der Waals surface area contributed by atoms with E-state index < -0.39 is 0 Å². The van der Waals surface area contributed by atoms with Crippen molar-refractivity contribution >= 4 is 28.3 Å². The first-order chi connectivity index (χ1) is 7.89. The monoisotopic (exact) mass is 297 g/mol. The summed E-state index contributed by atoms with van der Waals surface area (Å²) in [5, 5.41) is 0. The average molecular weight is 298 g/mol. The molecule has 0 spiro atoms. The van der Waals surface area contributed by atoms with Gasteiger partial charge in [0.1, 0.15) is 5.75 Å². The summed E-state index contributed by atoms with van der Waals surface area (Å²) in [5.41, 5.74) is 1.12. The third-order valence-corrected chi connectivity index (χ3v) is 3.86. The molecule has 17 heavy (non-hydrogen) atoms. The third-order valence-electron chi connectivity index (χ3n) is 3.23. The maximum absolute atomic E-state index is 12.1. The number of halogens is 1. The summed E-state index contributed by atoms with van der Waals surface area (Å²) in [6.45, 7) is 4.30. The maximum Gasteiger partial charge on any atom is 0.298 e. The Labute approximate surface area is 108 Å². The molecule has 4 nitrogen and oxygen atoms in total. The summed E-state index contributed by atoms with van der Waals surface area (Å²) in [5.74, 6) is 0.298. The lowest BCUT2D eigenvalue weighted by Gasteiger charge is -2.29. The van der Waals surface area contributed by atoms with E-state index in [0.29, 0.717) is 17.8 Å². The van der Waals surface area contributed by atoms with Crippen LogP contribution >= 0.6 is 15.9 Å². The molecule has 0 aliphatic carbocycles. The van der Waals surface area contributed by atoms with Gasteiger partial charge in [-0.15, -0.1) is 0 Å². The number of benzene rings is 1. The number of nitrogens with zero attached hydrogens (tertiary/aromatic N) is 1. The van der Waals surface area contributed by atoms with Gasteiger partial charge in [0.25, 0.3) is 12.4 Å². The fourth-order valence-electron chi connectivity index (χ4n) is 2.10. The van der Waals surface area contributed by atoms with Crippen molar-refractivity contribution < 1.29 is 14.3 Å². The molecule has 1 aliphatic rings. The molecule has 0 atom stereocenters. The maximum atomic E-state index is 12.1. The molecule has 1 aromatic rings. The summed E-state index contributed by atoms with van der Waals surface area (Å²) in [4.78, 5) is 24.1. The second-order valence-electron chi connectivity index (χ2n) is 4.46. The van der Waals surface area contributed by atoms with Gasteiger partial charge in [0.15, 0.2) is 0 Å². The molecule has 0 fully saturated rings. The van der Waals surface area contributed by atoms with E-state index in [1.54, 1.807) is 24.1 Å². The van der Waals surface area contributed by atoms with Gasteiger partial charge >= 0.3 is 0 Å². The summed E-state index contributed by atoms with van der Waals surface area (Å²) in [6.07, 6.45) is 0. The number of carbonyl (C=O) groups is 2. The molecule has 1 heterocycles. The molecular formula is C12H12BrNO3. The predicted octanol–water partition coefficient (Wildman–Crippen LogP) is 2.31. The number of fused-ring (bicyclic) bond motifs is 1. The van der Waals surface area contributed by atoms with Gasteiger partial charge in [-0.3, -0.25) is 9.59 Å². The first-order valence-corrected chi connectivity index (χ1v) is 5.91. The zero-order valence-corrected chi connectivity index (χ0v) is 11.4. The summed E-state index contributed by atoms with van der Waals surface area (Å²) >= 11 is 3.42. The van der Waals surface area contributed by atoms with Crippen LogP contribution in [0.25, 0.3) is 0 Å². The van der Waals surface area contributed by atoms with Gasteiger partial charge in [-0.25, -0.2) is 0 Å². The Morgan fingerprint density at radius 3 is 2.65 bits per heavy atom. The summed E-state index contributed by atoms with van der Waals surface area (Å²) in [6, 6.07) is 3.30. The minimum absolute atomic E-state index is 0.0675. The van der Waals surface area contributed by atoms with Gasteiger partial charge in [0, 0.05) is 22.6 Å². The molecule has 1 aromatic carbocycles. The van der Waals surface area contributed by atoms with Crippen molar-refractivity contribution in [2.75, 3.05) is 7.05 Å². The minimum Gasteiger partial charge on any atom is -0.429 e. The molecule has 1 aliphatic heterocycles. The topological polar surface area (TPSA) is 46.6 Å². The zero-order valence-electron chi connectivity index (χ0n) is 9.78. The van der Waals surface area contributed by atoms with E-state index in [1.165, 1.54) is 0 Å². The lowest BCUT2D eigenvalue weighted by atomic mass is 9.94. The molecule has 5 heteroatoms. The van der Waals surface area contributed by atoms with Crippen LogP contribution in [0.5, 0.6) is 5.75 Å². The van der Waals surface area contributed by atoms with Gasteiger partial charge in [0.2, 0.25) is 0 Å². The number of carbonyl (C=O) groups excluding carboxylic acids is 2. The van der Waals surface area contributed by atoms with Gasteiger partial charge in [-0.2, -0.15) is 0 Å².